The Kier molecular flexibility index (Phi) is 4.04. The average Bonchev–Trinajstić information content (AvgIpc) is 2.09. The summed E-state index contributed by atoms with van der Waals surface area (Å²) < 4.78 is 11.0. The minimum absolute atomic E-state index is 0.242. The molecule has 0 fully saturated rings. The van der Waals surface area contributed by atoms with Gasteiger partial charge in [0.05, 0.1) is 4.47 Å². The molecule has 0 radical (unpaired) electrons. The Labute approximate surface area is 79.8 Å². The van der Waals surface area contributed by atoms with Crippen LogP contribution >= 0.6 is 15.9 Å². The lowest BCUT2D eigenvalue weighted by molar-refractivity contribution is 0.0192. The summed E-state index contributed by atoms with van der Waals surface area (Å²) in [5.74, 6) is 0.561. The number of halogens is 1. The number of hydrogen-bond acceptors (Lipinski definition) is 3. The molecule has 1 rings (SSSR count). The normalized spacial score (nSPS) is 9.83. The fraction of sp³-hybridized carbons (Fsp3) is 0.375. The molecule has 4 heteroatoms. The zero-order valence-corrected chi connectivity index (χ0v) is 8.37. The van der Waals surface area contributed by atoms with Crippen LogP contribution in [0.4, 0.5) is 0 Å². The van der Waals surface area contributed by atoms with Gasteiger partial charge in [0.25, 0.3) is 0 Å². The van der Waals surface area contributed by atoms with Gasteiger partial charge in [0.15, 0.2) is 6.79 Å². The van der Waals surface area contributed by atoms with E-state index in [0.717, 1.165) is 4.47 Å². The molecule has 0 amide bonds. The van der Waals surface area contributed by atoms with Crippen LogP contribution in [0.5, 0.6) is 5.88 Å². The van der Waals surface area contributed by atoms with Crippen molar-refractivity contribution >= 4 is 15.9 Å². The molecule has 1 heterocycles. The predicted octanol–water partition coefficient (Wildman–Crippen LogP) is 2.22. The Balaban J connectivity index is 2.46. The van der Waals surface area contributed by atoms with E-state index in [4.69, 9.17) is 9.47 Å². The Morgan fingerprint density at radius 3 is 3.08 bits per heavy atom. The van der Waals surface area contributed by atoms with Crippen LogP contribution in [-0.4, -0.2) is 18.4 Å². The second kappa shape index (κ2) is 5.11. The third-order valence-electron chi connectivity index (χ3n) is 1.21. The van der Waals surface area contributed by atoms with Gasteiger partial charge in [0, 0.05) is 12.8 Å². The Morgan fingerprint density at radius 2 is 2.42 bits per heavy atom. The maximum absolute atomic E-state index is 5.20. The molecule has 3 nitrogen and oxygen atoms in total. The van der Waals surface area contributed by atoms with Crippen molar-refractivity contribution in [3.8, 4) is 5.88 Å². The maximum atomic E-state index is 5.20. The fourth-order valence-electron chi connectivity index (χ4n) is 0.658. The summed E-state index contributed by atoms with van der Waals surface area (Å²) in [6.07, 6.45) is 1.67. The van der Waals surface area contributed by atoms with Crippen LogP contribution in [0.15, 0.2) is 22.8 Å². The molecule has 0 saturated heterocycles. The molecular weight excluding hydrogens is 222 g/mol. The van der Waals surface area contributed by atoms with Crippen molar-refractivity contribution in [2.45, 2.75) is 6.92 Å². The van der Waals surface area contributed by atoms with E-state index in [0.29, 0.717) is 12.5 Å². The van der Waals surface area contributed by atoms with E-state index < -0.39 is 0 Å². The molecule has 0 saturated carbocycles. The summed E-state index contributed by atoms with van der Waals surface area (Å²) in [6.45, 7) is 2.80. The van der Waals surface area contributed by atoms with Crippen LogP contribution in [0, 0.1) is 0 Å². The summed E-state index contributed by atoms with van der Waals surface area (Å²) in [4.78, 5) is 4.00. The molecule has 66 valence electrons. The van der Waals surface area contributed by atoms with E-state index in [9.17, 15) is 0 Å². The van der Waals surface area contributed by atoms with Crippen molar-refractivity contribution in [3.63, 3.8) is 0 Å². The predicted molar refractivity (Wildman–Crippen MR) is 49.1 cm³/mol. The van der Waals surface area contributed by atoms with Crippen molar-refractivity contribution < 1.29 is 9.47 Å². The van der Waals surface area contributed by atoms with Crippen LogP contribution in [-0.2, 0) is 4.74 Å². The van der Waals surface area contributed by atoms with Crippen molar-refractivity contribution in [3.05, 3.63) is 22.8 Å². The van der Waals surface area contributed by atoms with Crippen LogP contribution in [0.25, 0.3) is 0 Å². The number of aromatic nitrogens is 1. The van der Waals surface area contributed by atoms with Gasteiger partial charge in [-0.2, -0.15) is 0 Å². The van der Waals surface area contributed by atoms with Gasteiger partial charge in [-0.25, -0.2) is 4.98 Å². The zero-order valence-electron chi connectivity index (χ0n) is 6.79. The highest BCUT2D eigenvalue weighted by molar-refractivity contribution is 9.10. The molecule has 0 aromatic carbocycles. The molecule has 0 aliphatic heterocycles. The number of pyridine rings is 1. The molecule has 0 aliphatic carbocycles. The van der Waals surface area contributed by atoms with E-state index in [1.165, 1.54) is 0 Å². The lowest BCUT2D eigenvalue weighted by Crippen LogP contribution is -2.03. The van der Waals surface area contributed by atoms with Crippen molar-refractivity contribution in [2.24, 2.45) is 0 Å². The number of nitrogens with zero attached hydrogens (tertiary/aromatic N) is 1. The van der Waals surface area contributed by atoms with Crippen molar-refractivity contribution in [1.29, 1.82) is 0 Å². The first-order valence-corrected chi connectivity index (χ1v) is 4.45. The summed E-state index contributed by atoms with van der Waals surface area (Å²) in [5.41, 5.74) is 0. The van der Waals surface area contributed by atoms with Crippen LogP contribution in [0.3, 0.4) is 0 Å². The number of ether oxygens (including phenoxy) is 2. The first kappa shape index (κ1) is 9.48. The molecule has 0 aliphatic rings. The highest BCUT2D eigenvalue weighted by Gasteiger charge is 1.99. The number of hydrogen-bond donors (Lipinski definition) is 0. The second-order valence-corrected chi connectivity index (χ2v) is 2.90. The van der Waals surface area contributed by atoms with Crippen LogP contribution in [0.2, 0.25) is 0 Å². The molecule has 1 aromatic heterocycles. The minimum atomic E-state index is 0.242. The quantitative estimate of drug-likeness (QED) is 0.589. The highest BCUT2D eigenvalue weighted by Crippen LogP contribution is 2.20. The van der Waals surface area contributed by atoms with Gasteiger partial charge in [-0.15, -0.1) is 0 Å². The first-order chi connectivity index (χ1) is 5.84. The average molecular weight is 232 g/mol. The van der Waals surface area contributed by atoms with Gasteiger partial charge in [0.1, 0.15) is 0 Å². The van der Waals surface area contributed by atoms with Gasteiger partial charge in [-0.1, -0.05) is 0 Å². The fourth-order valence-corrected chi connectivity index (χ4v) is 1.03. The van der Waals surface area contributed by atoms with Gasteiger partial charge in [-0.05, 0) is 35.0 Å². The third-order valence-corrected chi connectivity index (χ3v) is 1.81. The van der Waals surface area contributed by atoms with E-state index >= 15 is 0 Å². The highest BCUT2D eigenvalue weighted by atomic mass is 79.9. The first-order valence-electron chi connectivity index (χ1n) is 3.65. The van der Waals surface area contributed by atoms with Crippen molar-refractivity contribution in [1.82, 2.24) is 4.98 Å². The summed E-state index contributed by atoms with van der Waals surface area (Å²) in [6, 6.07) is 3.70. The maximum Gasteiger partial charge on any atom is 0.230 e. The molecule has 0 atom stereocenters. The summed E-state index contributed by atoms with van der Waals surface area (Å²) in [7, 11) is 0. The van der Waals surface area contributed by atoms with Gasteiger partial charge in [-0.3, -0.25) is 0 Å². The molecule has 1 aromatic rings. The summed E-state index contributed by atoms with van der Waals surface area (Å²) in [5, 5.41) is 0. The Hall–Kier alpha value is -0.610. The van der Waals surface area contributed by atoms with Gasteiger partial charge >= 0.3 is 0 Å². The lowest BCUT2D eigenvalue weighted by Gasteiger charge is -2.05. The standard InChI is InChI=1S/C8H10BrNO2/c1-2-11-6-12-8-7(9)4-3-5-10-8/h3-5H,2,6H2,1H3. The van der Waals surface area contributed by atoms with Gasteiger partial charge in [0.2, 0.25) is 5.88 Å². The Morgan fingerprint density at radius 1 is 1.58 bits per heavy atom. The molecule has 0 spiro atoms. The molecular formula is C8H10BrNO2. The van der Waals surface area contributed by atoms with E-state index in [-0.39, 0.29) is 6.79 Å². The van der Waals surface area contributed by atoms with Crippen molar-refractivity contribution in [2.75, 3.05) is 13.4 Å². The van der Waals surface area contributed by atoms with E-state index in [1.54, 1.807) is 6.20 Å². The third kappa shape index (κ3) is 2.79. The van der Waals surface area contributed by atoms with Crippen LogP contribution < -0.4 is 4.74 Å². The minimum Gasteiger partial charge on any atom is -0.450 e. The molecule has 0 bridgehead atoms. The SMILES string of the molecule is CCOCOc1ncccc1Br. The second-order valence-electron chi connectivity index (χ2n) is 2.05. The zero-order chi connectivity index (χ0) is 8.81. The lowest BCUT2D eigenvalue weighted by atomic mass is 10.5. The Bertz CT molecular complexity index is 242. The molecule has 12 heavy (non-hydrogen) atoms. The monoisotopic (exact) mass is 231 g/mol. The van der Waals surface area contributed by atoms with E-state index in [2.05, 4.69) is 20.9 Å². The molecule has 0 N–H and O–H groups in total. The number of rotatable bonds is 4. The summed E-state index contributed by atoms with van der Waals surface area (Å²) >= 11 is 3.31. The smallest absolute Gasteiger partial charge is 0.230 e. The van der Waals surface area contributed by atoms with E-state index in [1.807, 2.05) is 19.1 Å². The van der Waals surface area contributed by atoms with Crippen LogP contribution in [0.1, 0.15) is 6.92 Å². The van der Waals surface area contributed by atoms with Gasteiger partial charge < -0.3 is 9.47 Å². The largest absolute Gasteiger partial charge is 0.450 e. The topological polar surface area (TPSA) is 31.4 Å². The molecule has 0 unspecified atom stereocenters.